The minimum Gasteiger partial charge on any atom is -0.370 e. The SMILES string of the molecule is NC(=O)CCC(=O)NCCS(=O)(=O)CCOS(=O)(=O)O. The Morgan fingerprint density at radius 3 is 2.20 bits per heavy atom. The molecule has 0 rings (SSSR count). The fourth-order valence-electron chi connectivity index (χ4n) is 1.04. The molecule has 0 atom stereocenters. The van der Waals surface area contributed by atoms with Crippen LogP contribution in [0.5, 0.6) is 0 Å². The quantitative estimate of drug-likeness (QED) is 0.372. The van der Waals surface area contributed by atoms with Crippen LogP contribution in [0.4, 0.5) is 0 Å². The van der Waals surface area contributed by atoms with Crippen molar-refractivity contribution in [3.05, 3.63) is 0 Å². The molecule has 0 aromatic rings. The number of rotatable bonds is 10. The van der Waals surface area contributed by atoms with E-state index in [2.05, 4.69) is 9.50 Å². The predicted molar refractivity (Wildman–Crippen MR) is 67.6 cm³/mol. The van der Waals surface area contributed by atoms with Crippen LogP contribution < -0.4 is 11.1 Å². The molecule has 10 nitrogen and oxygen atoms in total. The summed E-state index contributed by atoms with van der Waals surface area (Å²) in [5, 5.41) is 2.27. The lowest BCUT2D eigenvalue weighted by molar-refractivity contribution is -0.124. The molecule has 0 fully saturated rings. The van der Waals surface area contributed by atoms with E-state index in [1.54, 1.807) is 0 Å². The summed E-state index contributed by atoms with van der Waals surface area (Å²) in [5.41, 5.74) is 4.83. The van der Waals surface area contributed by atoms with Crippen molar-refractivity contribution in [3.8, 4) is 0 Å². The second-order valence-corrected chi connectivity index (χ2v) is 7.11. The summed E-state index contributed by atoms with van der Waals surface area (Å²) >= 11 is 0. The molecule has 0 spiro atoms. The van der Waals surface area contributed by atoms with Gasteiger partial charge in [0.05, 0.1) is 18.1 Å². The lowest BCUT2D eigenvalue weighted by Gasteiger charge is -2.06. The first-order valence-electron chi connectivity index (χ1n) is 5.39. The monoisotopic (exact) mass is 332 g/mol. The number of sulfone groups is 1. The zero-order valence-electron chi connectivity index (χ0n) is 10.4. The van der Waals surface area contributed by atoms with Gasteiger partial charge in [0.2, 0.25) is 11.8 Å². The largest absolute Gasteiger partial charge is 0.397 e. The number of amides is 2. The summed E-state index contributed by atoms with van der Waals surface area (Å²) in [5.74, 6) is -2.21. The molecule has 0 aromatic heterocycles. The van der Waals surface area contributed by atoms with E-state index in [1.807, 2.05) is 0 Å². The molecule has 0 saturated carbocycles. The Morgan fingerprint density at radius 2 is 1.70 bits per heavy atom. The molecule has 2 amide bonds. The number of primary amides is 1. The standard InChI is InChI=1S/C8H16N2O8S2/c9-7(11)1-2-8(12)10-3-5-19(13,14)6-4-18-20(15,16)17/h1-6H2,(H2,9,11)(H,10,12)(H,15,16,17). The molecule has 0 bridgehead atoms. The fourth-order valence-corrected chi connectivity index (χ4v) is 2.39. The molecule has 118 valence electrons. The van der Waals surface area contributed by atoms with Gasteiger partial charge in [-0.25, -0.2) is 12.6 Å². The molecule has 12 heteroatoms. The average molecular weight is 332 g/mol. The van der Waals surface area contributed by atoms with E-state index in [-0.39, 0.29) is 19.4 Å². The van der Waals surface area contributed by atoms with Crippen LogP contribution in [0.2, 0.25) is 0 Å². The number of nitrogens with two attached hydrogens (primary N) is 1. The summed E-state index contributed by atoms with van der Waals surface area (Å²) in [6, 6.07) is 0. The van der Waals surface area contributed by atoms with Gasteiger partial charge >= 0.3 is 10.4 Å². The van der Waals surface area contributed by atoms with E-state index < -0.39 is 50.2 Å². The second-order valence-electron chi connectivity index (χ2n) is 3.72. The number of carbonyl (C=O) groups excluding carboxylic acids is 2. The van der Waals surface area contributed by atoms with Crippen molar-refractivity contribution >= 4 is 32.1 Å². The first kappa shape index (κ1) is 18.8. The maximum absolute atomic E-state index is 11.4. The molecule has 0 saturated heterocycles. The van der Waals surface area contributed by atoms with E-state index in [0.29, 0.717) is 0 Å². The minimum atomic E-state index is -4.67. The highest BCUT2D eigenvalue weighted by atomic mass is 32.3. The third-order valence-electron chi connectivity index (χ3n) is 1.96. The predicted octanol–water partition coefficient (Wildman–Crippen LogP) is -2.40. The summed E-state index contributed by atoms with van der Waals surface area (Å²) in [6.45, 7) is -0.900. The molecule has 0 aromatic carbocycles. The van der Waals surface area contributed by atoms with E-state index in [4.69, 9.17) is 10.3 Å². The number of carbonyl (C=O) groups is 2. The van der Waals surface area contributed by atoms with Crippen molar-refractivity contribution in [2.24, 2.45) is 5.73 Å². The van der Waals surface area contributed by atoms with E-state index in [0.717, 1.165) is 0 Å². The Labute approximate surface area is 116 Å². The Balaban J connectivity index is 3.93. The second kappa shape index (κ2) is 8.14. The summed E-state index contributed by atoms with van der Waals surface area (Å²) < 4.78 is 55.2. The van der Waals surface area contributed by atoms with Crippen molar-refractivity contribution < 1.29 is 35.2 Å². The van der Waals surface area contributed by atoms with Gasteiger partial charge in [0.1, 0.15) is 0 Å². The number of hydrogen-bond acceptors (Lipinski definition) is 7. The van der Waals surface area contributed by atoms with Gasteiger partial charge < -0.3 is 11.1 Å². The summed E-state index contributed by atoms with van der Waals surface area (Å²) in [4.78, 5) is 21.5. The Kier molecular flexibility index (Phi) is 7.63. The van der Waals surface area contributed by atoms with Crippen LogP contribution in [-0.4, -0.2) is 57.9 Å². The molecule has 0 aliphatic heterocycles. The highest BCUT2D eigenvalue weighted by Gasteiger charge is 2.14. The van der Waals surface area contributed by atoms with Gasteiger partial charge in [0.25, 0.3) is 0 Å². The van der Waals surface area contributed by atoms with Gasteiger partial charge in [0, 0.05) is 19.4 Å². The van der Waals surface area contributed by atoms with Gasteiger partial charge in [-0.2, -0.15) is 8.42 Å². The van der Waals surface area contributed by atoms with Gasteiger partial charge in [-0.05, 0) is 0 Å². The number of hydrogen-bond donors (Lipinski definition) is 3. The van der Waals surface area contributed by atoms with Crippen molar-refractivity contribution in [1.29, 1.82) is 0 Å². The highest BCUT2D eigenvalue weighted by molar-refractivity contribution is 7.91. The van der Waals surface area contributed by atoms with Crippen molar-refractivity contribution in [2.75, 3.05) is 24.7 Å². The zero-order chi connectivity index (χ0) is 15.8. The van der Waals surface area contributed by atoms with Crippen molar-refractivity contribution in [3.63, 3.8) is 0 Å². The third kappa shape index (κ3) is 11.8. The van der Waals surface area contributed by atoms with Gasteiger partial charge in [-0.15, -0.1) is 0 Å². The molecule has 0 aliphatic rings. The van der Waals surface area contributed by atoms with Crippen molar-refractivity contribution in [1.82, 2.24) is 5.32 Å². The Hall–Kier alpha value is -1.24. The van der Waals surface area contributed by atoms with Crippen molar-refractivity contribution in [2.45, 2.75) is 12.8 Å². The molecule has 0 aliphatic carbocycles. The van der Waals surface area contributed by atoms with Crippen LogP contribution in [0.15, 0.2) is 0 Å². The van der Waals surface area contributed by atoms with Crippen LogP contribution in [0.25, 0.3) is 0 Å². The maximum Gasteiger partial charge on any atom is 0.397 e. The van der Waals surface area contributed by atoms with Crippen LogP contribution in [-0.2, 0) is 34.0 Å². The summed E-state index contributed by atoms with van der Waals surface area (Å²) in [7, 11) is -8.31. The first-order valence-corrected chi connectivity index (χ1v) is 8.58. The third-order valence-corrected chi connectivity index (χ3v) is 4.04. The molecule has 20 heavy (non-hydrogen) atoms. The molecule has 0 radical (unpaired) electrons. The van der Waals surface area contributed by atoms with Gasteiger partial charge in [-0.3, -0.25) is 14.1 Å². The van der Waals surface area contributed by atoms with Crippen LogP contribution >= 0.6 is 0 Å². The zero-order valence-corrected chi connectivity index (χ0v) is 12.1. The van der Waals surface area contributed by atoms with E-state index >= 15 is 0 Å². The van der Waals surface area contributed by atoms with Gasteiger partial charge in [0.15, 0.2) is 9.84 Å². The van der Waals surface area contributed by atoms with Crippen LogP contribution in [0.1, 0.15) is 12.8 Å². The average Bonchev–Trinajstić information content (AvgIpc) is 2.23. The van der Waals surface area contributed by atoms with Crippen LogP contribution in [0.3, 0.4) is 0 Å². The normalized spacial score (nSPS) is 12.1. The molecule has 0 heterocycles. The van der Waals surface area contributed by atoms with Crippen LogP contribution in [0, 0.1) is 0 Å². The number of nitrogens with one attached hydrogen (secondary N) is 1. The fraction of sp³-hybridized carbons (Fsp3) is 0.750. The Bertz CT molecular complexity index is 539. The van der Waals surface area contributed by atoms with E-state index in [1.165, 1.54) is 0 Å². The molecular formula is C8H16N2O8S2. The molecular weight excluding hydrogens is 316 g/mol. The molecule has 4 N–H and O–H groups in total. The highest BCUT2D eigenvalue weighted by Crippen LogP contribution is 1.94. The van der Waals surface area contributed by atoms with E-state index in [9.17, 15) is 26.4 Å². The van der Waals surface area contributed by atoms with Gasteiger partial charge in [-0.1, -0.05) is 0 Å². The molecule has 0 unspecified atom stereocenters. The lowest BCUT2D eigenvalue weighted by atomic mass is 10.3. The smallest absolute Gasteiger partial charge is 0.370 e. The minimum absolute atomic E-state index is 0.138. The Morgan fingerprint density at radius 1 is 1.10 bits per heavy atom. The summed E-state index contributed by atoms with van der Waals surface area (Å²) in [6.07, 6.45) is -0.276. The topological polar surface area (TPSA) is 170 Å². The first-order chi connectivity index (χ1) is 9.02. The lowest BCUT2D eigenvalue weighted by Crippen LogP contribution is -2.31. The maximum atomic E-state index is 11.4.